The molecule has 2 rings (SSSR count). The molecule has 0 saturated heterocycles. The Morgan fingerprint density at radius 1 is 1.15 bits per heavy atom. The fraction of sp³-hybridized carbons (Fsp3) is 0.294. The molecule has 0 amide bonds. The van der Waals surface area contributed by atoms with Crippen LogP contribution in [0.1, 0.15) is 35.3 Å². The number of aliphatic hydroxyl groups excluding tert-OH is 1. The molecule has 0 spiro atoms. The zero-order valence-corrected chi connectivity index (χ0v) is 12.0. The van der Waals surface area contributed by atoms with Crippen molar-refractivity contribution in [3.8, 4) is 5.75 Å². The molecule has 2 nitrogen and oxygen atoms in total. The molecule has 0 aliphatic rings. The fourth-order valence-electron chi connectivity index (χ4n) is 2.09. The standard InChI is InChI=1S/C17H19FO2/c1-11-4-7-16(13(3)19)17(8-11)20-10-14-5-6-15(18)9-12(14)2/h4-9,13,19H,10H2,1-3H3. The monoisotopic (exact) mass is 274 g/mol. The lowest BCUT2D eigenvalue weighted by atomic mass is 10.1. The summed E-state index contributed by atoms with van der Waals surface area (Å²) in [6.45, 7) is 5.89. The van der Waals surface area contributed by atoms with Gasteiger partial charge >= 0.3 is 0 Å². The van der Waals surface area contributed by atoms with Crippen molar-refractivity contribution in [3.05, 3.63) is 64.5 Å². The van der Waals surface area contributed by atoms with Crippen LogP contribution in [0.5, 0.6) is 5.75 Å². The lowest BCUT2D eigenvalue weighted by Crippen LogP contribution is -2.03. The van der Waals surface area contributed by atoms with Crippen molar-refractivity contribution in [2.75, 3.05) is 0 Å². The third-order valence-electron chi connectivity index (χ3n) is 3.31. The summed E-state index contributed by atoms with van der Waals surface area (Å²) in [7, 11) is 0. The van der Waals surface area contributed by atoms with E-state index in [2.05, 4.69) is 0 Å². The van der Waals surface area contributed by atoms with Gasteiger partial charge in [0.15, 0.2) is 0 Å². The number of hydrogen-bond donors (Lipinski definition) is 1. The van der Waals surface area contributed by atoms with Crippen LogP contribution in [-0.2, 0) is 6.61 Å². The highest BCUT2D eigenvalue weighted by Gasteiger charge is 2.10. The number of benzene rings is 2. The van der Waals surface area contributed by atoms with Gasteiger partial charge in [0.05, 0.1) is 6.10 Å². The highest BCUT2D eigenvalue weighted by Crippen LogP contribution is 2.27. The SMILES string of the molecule is Cc1ccc(C(C)O)c(OCc2ccc(F)cc2C)c1. The minimum absolute atomic E-state index is 0.244. The van der Waals surface area contributed by atoms with Crippen molar-refractivity contribution in [3.63, 3.8) is 0 Å². The van der Waals surface area contributed by atoms with E-state index in [4.69, 9.17) is 4.74 Å². The second kappa shape index (κ2) is 6.06. The maximum atomic E-state index is 13.1. The second-order valence-corrected chi connectivity index (χ2v) is 5.08. The van der Waals surface area contributed by atoms with Gasteiger partial charge in [0.25, 0.3) is 0 Å². The predicted octanol–water partition coefficient (Wildman–Crippen LogP) is 4.07. The van der Waals surface area contributed by atoms with Crippen molar-refractivity contribution in [2.24, 2.45) is 0 Å². The van der Waals surface area contributed by atoms with E-state index in [0.717, 1.165) is 22.3 Å². The summed E-state index contributed by atoms with van der Waals surface area (Å²) in [5.41, 5.74) is 3.62. The molecule has 0 saturated carbocycles. The van der Waals surface area contributed by atoms with Crippen LogP contribution in [0.3, 0.4) is 0 Å². The topological polar surface area (TPSA) is 29.5 Å². The molecular formula is C17H19FO2. The van der Waals surface area contributed by atoms with Crippen LogP contribution in [0.25, 0.3) is 0 Å². The first-order valence-electron chi connectivity index (χ1n) is 6.64. The van der Waals surface area contributed by atoms with E-state index in [1.54, 1.807) is 13.0 Å². The maximum absolute atomic E-state index is 13.1. The quantitative estimate of drug-likeness (QED) is 0.910. The van der Waals surface area contributed by atoms with E-state index >= 15 is 0 Å². The summed E-state index contributed by atoms with van der Waals surface area (Å²) in [5.74, 6) is 0.426. The normalized spacial score (nSPS) is 12.2. The molecule has 0 aliphatic heterocycles. The summed E-state index contributed by atoms with van der Waals surface area (Å²) in [4.78, 5) is 0. The zero-order valence-electron chi connectivity index (χ0n) is 12.0. The summed E-state index contributed by atoms with van der Waals surface area (Å²) >= 11 is 0. The third-order valence-corrected chi connectivity index (χ3v) is 3.31. The predicted molar refractivity (Wildman–Crippen MR) is 77.3 cm³/mol. The third kappa shape index (κ3) is 3.36. The Morgan fingerprint density at radius 3 is 2.55 bits per heavy atom. The first kappa shape index (κ1) is 14.5. The summed E-state index contributed by atoms with van der Waals surface area (Å²) in [5, 5.41) is 9.75. The minimum atomic E-state index is -0.583. The Kier molecular flexibility index (Phi) is 4.40. The summed E-state index contributed by atoms with van der Waals surface area (Å²) < 4.78 is 18.9. The van der Waals surface area contributed by atoms with E-state index in [1.165, 1.54) is 12.1 Å². The Balaban J connectivity index is 2.20. The van der Waals surface area contributed by atoms with Crippen molar-refractivity contribution in [1.29, 1.82) is 0 Å². The number of ether oxygens (including phenoxy) is 1. The number of aryl methyl sites for hydroxylation is 2. The first-order valence-corrected chi connectivity index (χ1v) is 6.64. The summed E-state index contributed by atoms with van der Waals surface area (Å²) in [6.07, 6.45) is -0.583. The van der Waals surface area contributed by atoms with Crippen LogP contribution in [0, 0.1) is 19.7 Å². The van der Waals surface area contributed by atoms with Gasteiger partial charge in [0.1, 0.15) is 18.2 Å². The molecule has 0 radical (unpaired) electrons. The van der Waals surface area contributed by atoms with Gasteiger partial charge in [-0.2, -0.15) is 0 Å². The molecule has 2 aromatic rings. The molecule has 1 unspecified atom stereocenters. The first-order chi connectivity index (χ1) is 9.47. The highest BCUT2D eigenvalue weighted by molar-refractivity contribution is 5.39. The lowest BCUT2D eigenvalue weighted by molar-refractivity contribution is 0.190. The molecule has 0 bridgehead atoms. The van der Waals surface area contributed by atoms with E-state index < -0.39 is 6.10 Å². The van der Waals surface area contributed by atoms with Gasteiger partial charge in [-0.3, -0.25) is 0 Å². The number of halogens is 1. The van der Waals surface area contributed by atoms with Gasteiger partial charge < -0.3 is 9.84 Å². The average Bonchev–Trinajstić information content (AvgIpc) is 2.37. The highest BCUT2D eigenvalue weighted by atomic mass is 19.1. The Hall–Kier alpha value is -1.87. The minimum Gasteiger partial charge on any atom is -0.489 e. The van der Waals surface area contributed by atoms with Crippen molar-refractivity contribution in [1.82, 2.24) is 0 Å². The average molecular weight is 274 g/mol. The molecule has 0 aromatic heterocycles. The van der Waals surface area contributed by atoms with Crippen molar-refractivity contribution >= 4 is 0 Å². The molecule has 1 atom stereocenters. The van der Waals surface area contributed by atoms with E-state index in [1.807, 2.05) is 32.0 Å². The van der Waals surface area contributed by atoms with Gasteiger partial charge in [0.2, 0.25) is 0 Å². The number of rotatable bonds is 4. The number of hydrogen-bond acceptors (Lipinski definition) is 2. The lowest BCUT2D eigenvalue weighted by Gasteiger charge is -2.15. The Bertz CT molecular complexity index is 606. The van der Waals surface area contributed by atoms with E-state index in [9.17, 15) is 9.50 Å². The van der Waals surface area contributed by atoms with Crippen LogP contribution in [0.4, 0.5) is 4.39 Å². The van der Waals surface area contributed by atoms with Gasteiger partial charge in [0, 0.05) is 5.56 Å². The summed E-state index contributed by atoms with van der Waals surface area (Å²) in [6, 6.07) is 10.4. The van der Waals surface area contributed by atoms with Gasteiger partial charge in [-0.1, -0.05) is 18.2 Å². The molecule has 20 heavy (non-hydrogen) atoms. The molecule has 0 aliphatic carbocycles. The molecule has 1 N–H and O–H groups in total. The van der Waals surface area contributed by atoms with Crippen LogP contribution < -0.4 is 4.74 Å². The maximum Gasteiger partial charge on any atom is 0.125 e. The van der Waals surface area contributed by atoms with Gasteiger partial charge in [-0.25, -0.2) is 4.39 Å². The fourth-order valence-corrected chi connectivity index (χ4v) is 2.09. The molecule has 0 heterocycles. The largest absolute Gasteiger partial charge is 0.489 e. The molecular weight excluding hydrogens is 255 g/mol. The zero-order chi connectivity index (χ0) is 14.7. The van der Waals surface area contributed by atoms with Crippen LogP contribution in [0.15, 0.2) is 36.4 Å². The molecule has 0 fully saturated rings. The Morgan fingerprint density at radius 2 is 1.90 bits per heavy atom. The smallest absolute Gasteiger partial charge is 0.125 e. The second-order valence-electron chi connectivity index (χ2n) is 5.08. The van der Waals surface area contributed by atoms with Crippen LogP contribution >= 0.6 is 0 Å². The van der Waals surface area contributed by atoms with Gasteiger partial charge in [-0.05, 0) is 55.7 Å². The van der Waals surface area contributed by atoms with Crippen LogP contribution in [0.2, 0.25) is 0 Å². The van der Waals surface area contributed by atoms with E-state index in [-0.39, 0.29) is 5.82 Å². The number of aliphatic hydroxyl groups is 1. The van der Waals surface area contributed by atoms with Gasteiger partial charge in [-0.15, -0.1) is 0 Å². The molecule has 106 valence electrons. The van der Waals surface area contributed by atoms with Crippen LogP contribution in [-0.4, -0.2) is 5.11 Å². The van der Waals surface area contributed by atoms with Crippen molar-refractivity contribution < 1.29 is 14.2 Å². The molecule has 2 aromatic carbocycles. The Labute approximate surface area is 118 Å². The van der Waals surface area contributed by atoms with Crippen molar-refractivity contribution in [2.45, 2.75) is 33.5 Å². The molecule has 3 heteroatoms. The van der Waals surface area contributed by atoms with E-state index in [0.29, 0.717) is 12.4 Å².